The maximum absolute atomic E-state index is 11.8. The first kappa shape index (κ1) is 13.0. The van der Waals surface area contributed by atoms with Gasteiger partial charge in [-0.25, -0.2) is 4.98 Å². The highest BCUT2D eigenvalue weighted by Crippen LogP contribution is 2.06. The first-order valence-corrected chi connectivity index (χ1v) is 6.71. The maximum Gasteiger partial charge on any atom is 0.251 e. The smallest absolute Gasteiger partial charge is 0.251 e. The molecule has 5 nitrogen and oxygen atoms in total. The monoisotopic (exact) mass is 356 g/mol. The third-order valence-corrected chi connectivity index (χ3v) is 3.17. The molecule has 0 aliphatic heterocycles. The second-order valence-electron chi connectivity index (χ2n) is 3.80. The molecule has 0 saturated heterocycles. The molecule has 2 rings (SSSR count). The summed E-state index contributed by atoms with van der Waals surface area (Å²) < 4.78 is 1.12. The maximum atomic E-state index is 11.8. The zero-order chi connectivity index (χ0) is 12.8. The van der Waals surface area contributed by atoms with Crippen LogP contribution in [0, 0.1) is 3.57 Å². The number of nitrogens with one attached hydrogen (secondary N) is 2. The number of hydrogen-bond acceptors (Lipinski definition) is 3. The summed E-state index contributed by atoms with van der Waals surface area (Å²) in [6.07, 6.45) is 3.11. The SMILES string of the molecule is O=C(NCCCc1ncn[nH]1)c1ccc(I)cc1. The summed E-state index contributed by atoms with van der Waals surface area (Å²) in [5.74, 6) is 0.808. The van der Waals surface area contributed by atoms with E-state index in [1.165, 1.54) is 6.33 Å². The van der Waals surface area contributed by atoms with Crippen LogP contribution in [0.15, 0.2) is 30.6 Å². The molecule has 0 atom stereocenters. The van der Waals surface area contributed by atoms with Crippen LogP contribution in [-0.2, 0) is 6.42 Å². The summed E-state index contributed by atoms with van der Waals surface area (Å²) in [7, 11) is 0. The number of amides is 1. The van der Waals surface area contributed by atoms with E-state index < -0.39 is 0 Å². The summed E-state index contributed by atoms with van der Waals surface area (Å²) >= 11 is 2.21. The fraction of sp³-hybridized carbons (Fsp3) is 0.250. The van der Waals surface area contributed by atoms with E-state index in [-0.39, 0.29) is 5.91 Å². The minimum atomic E-state index is -0.0380. The Hall–Kier alpha value is -1.44. The van der Waals surface area contributed by atoms with E-state index in [0.29, 0.717) is 12.1 Å². The largest absolute Gasteiger partial charge is 0.352 e. The number of rotatable bonds is 5. The van der Waals surface area contributed by atoms with Gasteiger partial charge in [0.2, 0.25) is 0 Å². The van der Waals surface area contributed by atoms with Crippen molar-refractivity contribution in [1.82, 2.24) is 20.5 Å². The molecular weight excluding hydrogens is 343 g/mol. The number of carbonyl (C=O) groups excluding carboxylic acids is 1. The number of aromatic amines is 1. The van der Waals surface area contributed by atoms with E-state index in [1.807, 2.05) is 24.3 Å². The normalized spacial score (nSPS) is 10.3. The lowest BCUT2D eigenvalue weighted by Gasteiger charge is -2.04. The first-order chi connectivity index (χ1) is 8.75. The second kappa shape index (κ2) is 6.48. The van der Waals surface area contributed by atoms with Crippen LogP contribution in [0.3, 0.4) is 0 Å². The second-order valence-corrected chi connectivity index (χ2v) is 5.04. The third kappa shape index (κ3) is 3.80. The Balaban J connectivity index is 1.73. The lowest BCUT2D eigenvalue weighted by atomic mass is 10.2. The summed E-state index contributed by atoms with van der Waals surface area (Å²) in [4.78, 5) is 15.8. The lowest BCUT2D eigenvalue weighted by molar-refractivity contribution is 0.0953. The Kier molecular flexibility index (Phi) is 4.68. The Labute approximate surface area is 119 Å². The highest BCUT2D eigenvalue weighted by molar-refractivity contribution is 14.1. The molecule has 1 heterocycles. The number of benzene rings is 1. The quantitative estimate of drug-likeness (QED) is 0.634. The van der Waals surface area contributed by atoms with E-state index in [0.717, 1.165) is 22.2 Å². The molecule has 2 aromatic rings. The highest BCUT2D eigenvalue weighted by atomic mass is 127. The van der Waals surface area contributed by atoms with Gasteiger partial charge in [-0.15, -0.1) is 0 Å². The molecule has 2 N–H and O–H groups in total. The minimum absolute atomic E-state index is 0.0380. The van der Waals surface area contributed by atoms with Gasteiger partial charge in [0.05, 0.1) is 0 Å². The summed E-state index contributed by atoms with van der Waals surface area (Å²) in [6, 6.07) is 7.50. The van der Waals surface area contributed by atoms with Crippen molar-refractivity contribution >= 4 is 28.5 Å². The molecule has 0 bridgehead atoms. The van der Waals surface area contributed by atoms with Gasteiger partial charge in [-0.2, -0.15) is 5.10 Å². The Morgan fingerprint density at radius 1 is 1.33 bits per heavy atom. The van der Waals surface area contributed by atoms with E-state index in [9.17, 15) is 4.79 Å². The predicted molar refractivity (Wildman–Crippen MR) is 76.2 cm³/mol. The first-order valence-electron chi connectivity index (χ1n) is 5.64. The van der Waals surface area contributed by atoms with Gasteiger partial charge < -0.3 is 5.32 Å². The summed E-state index contributed by atoms with van der Waals surface area (Å²) in [5, 5.41) is 9.43. The Bertz CT molecular complexity index is 495. The molecule has 18 heavy (non-hydrogen) atoms. The molecular formula is C12H13IN4O. The van der Waals surface area contributed by atoms with Gasteiger partial charge in [0, 0.05) is 22.1 Å². The van der Waals surface area contributed by atoms with E-state index in [4.69, 9.17) is 0 Å². The number of H-pyrrole nitrogens is 1. The molecule has 1 amide bonds. The molecule has 0 aliphatic carbocycles. The van der Waals surface area contributed by atoms with E-state index >= 15 is 0 Å². The Morgan fingerprint density at radius 2 is 2.11 bits per heavy atom. The highest BCUT2D eigenvalue weighted by Gasteiger charge is 2.04. The Morgan fingerprint density at radius 3 is 2.78 bits per heavy atom. The molecule has 0 radical (unpaired) electrons. The number of carbonyl (C=O) groups is 1. The standard InChI is InChI=1S/C12H13IN4O/c13-10-5-3-9(4-6-10)12(18)14-7-1-2-11-15-8-16-17-11/h3-6,8H,1-2,7H2,(H,14,18)(H,15,16,17). The minimum Gasteiger partial charge on any atom is -0.352 e. The molecule has 6 heteroatoms. The fourth-order valence-electron chi connectivity index (χ4n) is 1.51. The average molecular weight is 356 g/mol. The predicted octanol–water partition coefficient (Wildman–Crippen LogP) is 1.77. The van der Waals surface area contributed by atoms with Gasteiger partial charge >= 0.3 is 0 Å². The molecule has 0 spiro atoms. The van der Waals surface area contributed by atoms with Gasteiger partial charge in [0.15, 0.2) is 0 Å². The zero-order valence-electron chi connectivity index (χ0n) is 9.69. The third-order valence-electron chi connectivity index (χ3n) is 2.45. The molecule has 94 valence electrons. The van der Waals surface area contributed by atoms with E-state index in [1.54, 1.807) is 0 Å². The molecule has 1 aromatic heterocycles. The van der Waals surface area contributed by atoms with Gasteiger partial charge in [-0.3, -0.25) is 9.89 Å². The fourth-order valence-corrected chi connectivity index (χ4v) is 1.87. The van der Waals surface area contributed by atoms with Gasteiger partial charge in [-0.1, -0.05) is 0 Å². The van der Waals surface area contributed by atoms with Crippen LogP contribution in [-0.4, -0.2) is 27.6 Å². The van der Waals surface area contributed by atoms with Crippen molar-refractivity contribution in [2.75, 3.05) is 6.54 Å². The number of aromatic nitrogens is 3. The topological polar surface area (TPSA) is 70.7 Å². The van der Waals surface area contributed by atoms with Crippen LogP contribution in [0.2, 0.25) is 0 Å². The summed E-state index contributed by atoms with van der Waals surface area (Å²) in [6.45, 7) is 0.630. The van der Waals surface area contributed by atoms with Crippen molar-refractivity contribution in [2.45, 2.75) is 12.8 Å². The number of hydrogen-bond donors (Lipinski definition) is 2. The van der Waals surface area contributed by atoms with Gasteiger partial charge in [0.25, 0.3) is 5.91 Å². The van der Waals surface area contributed by atoms with Crippen LogP contribution in [0.25, 0.3) is 0 Å². The van der Waals surface area contributed by atoms with Crippen molar-refractivity contribution in [1.29, 1.82) is 0 Å². The number of halogens is 1. The van der Waals surface area contributed by atoms with Crippen LogP contribution >= 0.6 is 22.6 Å². The van der Waals surface area contributed by atoms with Gasteiger partial charge in [0.1, 0.15) is 12.2 Å². The molecule has 0 saturated carbocycles. The molecule has 1 aromatic carbocycles. The van der Waals surface area contributed by atoms with Crippen molar-refractivity contribution in [2.24, 2.45) is 0 Å². The van der Waals surface area contributed by atoms with Crippen molar-refractivity contribution < 1.29 is 4.79 Å². The van der Waals surface area contributed by atoms with Crippen LogP contribution in [0.5, 0.6) is 0 Å². The number of nitrogens with zero attached hydrogens (tertiary/aromatic N) is 2. The van der Waals surface area contributed by atoms with Crippen LogP contribution < -0.4 is 5.32 Å². The van der Waals surface area contributed by atoms with E-state index in [2.05, 4.69) is 43.1 Å². The molecule has 0 unspecified atom stereocenters. The summed E-state index contributed by atoms with van der Waals surface area (Å²) in [5.41, 5.74) is 0.690. The van der Waals surface area contributed by atoms with Crippen LogP contribution in [0.1, 0.15) is 22.6 Å². The molecule has 0 fully saturated rings. The molecule has 0 aliphatic rings. The van der Waals surface area contributed by atoms with Crippen molar-refractivity contribution in [3.05, 3.63) is 45.6 Å². The van der Waals surface area contributed by atoms with Gasteiger partial charge in [-0.05, 0) is 53.3 Å². The van der Waals surface area contributed by atoms with Crippen molar-refractivity contribution in [3.8, 4) is 0 Å². The average Bonchev–Trinajstić information content (AvgIpc) is 2.88. The number of aryl methyl sites for hydroxylation is 1. The van der Waals surface area contributed by atoms with Crippen LogP contribution in [0.4, 0.5) is 0 Å². The van der Waals surface area contributed by atoms with Crippen molar-refractivity contribution in [3.63, 3.8) is 0 Å². The zero-order valence-corrected chi connectivity index (χ0v) is 11.8. The lowest BCUT2D eigenvalue weighted by Crippen LogP contribution is -2.24.